The molecule has 0 saturated carbocycles. The van der Waals surface area contributed by atoms with Crippen LogP contribution in [0.5, 0.6) is 0 Å². The van der Waals surface area contributed by atoms with Crippen molar-refractivity contribution >= 4 is 27.4 Å². The van der Waals surface area contributed by atoms with Crippen LogP contribution in [0.3, 0.4) is 0 Å². The lowest BCUT2D eigenvalue weighted by atomic mass is 10.1. The molecule has 24 heavy (non-hydrogen) atoms. The van der Waals surface area contributed by atoms with Gasteiger partial charge in [-0.25, -0.2) is 9.97 Å². The molecule has 3 heterocycles. The smallest absolute Gasteiger partial charge is 0.141 e. The Kier molecular flexibility index (Phi) is 4.21. The first kappa shape index (κ1) is 15.5. The zero-order valence-corrected chi connectivity index (χ0v) is 15.0. The van der Waals surface area contributed by atoms with Gasteiger partial charge in [-0.15, -0.1) is 11.3 Å². The van der Waals surface area contributed by atoms with E-state index in [-0.39, 0.29) is 0 Å². The predicted octanol–water partition coefficient (Wildman–Crippen LogP) is 3.81. The van der Waals surface area contributed by atoms with Gasteiger partial charge in [-0.2, -0.15) is 0 Å². The molecule has 0 aliphatic carbocycles. The van der Waals surface area contributed by atoms with E-state index in [1.165, 1.54) is 27.8 Å². The van der Waals surface area contributed by atoms with E-state index in [1.807, 2.05) is 0 Å². The molecule has 0 spiro atoms. The van der Waals surface area contributed by atoms with Gasteiger partial charge in [0, 0.05) is 24.5 Å². The summed E-state index contributed by atoms with van der Waals surface area (Å²) in [4.78, 5) is 16.4. The molecule has 1 aliphatic rings. The van der Waals surface area contributed by atoms with E-state index in [2.05, 4.69) is 64.1 Å². The Bertz CT molecular complexity index is 843. The number of anilines is 1. The van der Waals surface area contributed by atoms with Crippen LogP contribution in [0, 0.1) is 6.92 Å². The van der Waals surface area contributed by atoms with Gasteiger partial charge in [-0.05, 0) is 38.1 Å². The van der Waals surface area contributed by atoms with Gasteiger partial charge in [0.1, 0.15) is 17.0 Å². The van der Waals surface area contributed by atoms with Crippen LogP contribution >= 0.6 is 11.3 Å². The summed E-state index contributed by atoms with van der Waals surface area (Å²) >= 11 is 1.77. The second-order valence-corrected chi connectivity index (χ2v) is 7.44. The molecule has 1 aliphatic heterocycles. The van der Waals surface area contributed by atoms with Gasteiger partial charge in [-0.1, -0.05) is 30.3 Å². The number of aryl methyl sites for hydroxylation is 1. The van der Waals surface area contributed by atoms with Crippen molar-refractivity contribution in [3.05, 3.63) is 42.2 Å². The first-order chi connectivity index (χ1) is 11.7. The van der Waals surface area contributed by atoms with Crippen LogP contribution in [0.1, 0.15) is 12.0 Å². The highest BCUT2D eigenvalue weighted by Crippen LogP contribution is 2.40. The Hall–Kier alpha value is -1.98. The van der Waals surface area contributed by atoms with Crippen molar-refractivity contribution in [3.63, 3.8) is 0 Å². The van der Waals surface area contributed by atoms with E-state index in [4.69, 9.17) is 0 Å². The average Bonchev–Trinajstić information content (AvgIpc) is 2.80. The minimum Gasteiger partial charge on any atom is -0.355 e. The summed E-state index contributed by atoms with van der Waals surface area (Å²) in [5.74, 6) is 1.10. The second kappa shape index (κ2) is 6.49. The van der Waals surface area contributed by atoms with Gasteiger partial charge < -0.3 is 9.80 Å². The fraction of sp³-hybridized carbons (Fsp3) is 0.368. The maximum absolute atomic E-state index is 4.67. The van der Waals surface area contributed by atoms with Crippen molar-refractivity contribution in [3.8, 4) is 10.4 Å². The summed E-state index contributed by atoms with van der Waals surface area (Å²) in [6.07, 6.45) is 2.90. The van der Waals surface area contributed by atoms with Crippen LogP contribution < -0.4 is 4.90 Å². The van der Waals surface area contributed by atoms with Crippen molar-refractivity contribution < 1.29 is 0 Å². The standard InChI is InChI=1S/C19H22N4S/c1-14-16-18(23-10-6-9-22(2)11-12-23)20-13-21-19(16)24-17(14)15-7-4-3-5-8-15/h3-5,7-8,13H,6,9-12H2,1-2H3. The predicted molar refractivity (Wildman–Crippen MR) is 102 cm³/mol. The number of thiophene rings is 1. The molecule has 0 unspecified atom stereocenters. The largest absolute Gasteiger partial charge is 0.355 e. The Morgan fingerprint density at radius 3 is 2.67 bits per heavy atom. The molecule has 124 valence electrons. The van der Waals surface area contributed by atoms with Gasteiger partial charge in [-0.3, -0.25) is 0 Å². The van der Waals surface area contributed by atoms with Gasteiger partial charge in [0.2, 0.25) is 0 Å². The van der Waals surface area contributed by atoms with Gasteiger partial charge in [0.15, 0.2) is 0 Å². The van der Waals surface area contributed by atoms with E-state index in [0.29, 0.717) is 0 Å². The molecule has 0 N–H and O–H groups in total. The van der Waals surface area contributed by atoms with Crippen molar-refractivity contribution in [1.29, 1.82) is 0 Å². The van der Waals surface area contributed by atoms with Crippen LogP contribution in [-0.2, 0) is 0 Å². The summed E-state index contributed by atoms with van der Waals surface area (Å²) in [5.41, 5.74) is 2.56. The molecule has 0 radical (unpaired) electrons. The van der Waals surface area contributed by atoms with Gasteiger partial charge in [0.05, 0.1) is 5.39 Å². The molecule has 1 fully saturated rings. The maximum atomic E-state index is 4.67. The number of fused-ring (bicyclic) bond motifs is 1. The maximum Gasteiger partial charge on any atom is 0.141 e. The summed E-state index contributed by atoms with van der Waals surface area (Å²) in [6, 6.07) is 10.6. The van der Waals surface area contributed by atoms with Crippen LogP contribution in [-0.4, -0.2) is 48.1 Å². The number of nitrogens with zero attached hydrogens (tertiary/aromatic N) is 4. The van der Waals surface area contributed by atoms with Gasteiger partial charge in [0.25, 0.3) is 0 Å². The first-order valence-corrected chi connectivity index (χ1v) is 9.28. The summed E-state index contributed by atoms with van der Waals surface area (Å²) < 4.78 is 0. The zero-order valence-electron chi connectivity index (χ0n) is 14.2. The molecule has 3 aromatic rings. The Morgan fingerprint density at radius 1 is 1.00 bits per heavy atom. The Labute approximate surface area is 146 Å². The third-order valence-corrected chi connectivity index (χ3v) is 6.01. The molecule has 0 amide bonds. The molecule has 2 aromatic heterocycles. The first-order valence-electron chi connectivity index (χ1n) is 8.47. The Morgan fingerprint density at radius 2 is 1.83 bits per heavy atom. The molecule has 0 atom stereocenters. The molecular weight excluding hydrogens is 316 g/mol. The summed E-state index contributed by atoms with van der Waals surface area (Å²) in [7, 11) is 2.20. The van der Waals surface area contributed by atoms with E-state index in [0.717, 1.165) is 36.8 Å². The van der Waals surface area contributed by atoms with Crippen LogP contribution in [0.25, 0.3) is 20.7 Å². The third-order valence-electron chi connectivity index (χ3n) is 4.76. The molecule has 0 bridgehead atoms. The summed E-state index contributed by atoms with van der Waals surface area (Å²) in [6.45, 7) is 6.53. The van der Waals surface area contributed by atoms with Crippen LogP contribution in [0.2, 0.25) is 0 Å². The van der Waals surface area contributed by atoms with E-state index in [1.54, 1.807) is 17.7 Å². The second-order valence-electron chi connectivity index (χ2n) is 6.44. The van der Waals surface area contributed by atoms with E-state index >= 15 is 0 Å². The quantitative estimate of drug-likeness (QED) is 0.711. The molecule has 1 saturated heterocycles. The number of hydrogen-bond donors (Lipinski definition) is 0. The topological polar surface area (TPSA) is 32.3 Å². The number of likely N-dealkylation sites (N-methyl/N-ethyl adjacent to an activating group) is 1. The molecule has 5 heteroatoms. The molecule has 4 rings (SSSR count). The third kappa shape index (κ3) is 2.78. The lowest BCUT2D eigenvalue weighted by Crippen LogP contribution is -2.29. The highest BCUT2D eigenvalue weighted by atomic mass is 32.1. The normalized spacial score (nSPS) is 16.5. The van der Waals surface area contributed by atoms with Crippen molar-refractivity contribution in [1.82, 2.24) is 14.9 Å². The Balaban J connectivity index is 1.81. The monoisotopic (exact) mass is 338 g/mol. The highest BCUT2D eigenvalue weighted by Gasteiger charge is 2.20. The SMILES string of the molecule is Cc1c(-c2ccccc2)sc2ncnc(N3CCCN(C)CC3)c12. The molecule has 1 aromatic carbocycles. The number of aromatic nitrogens is 2. The summed E-state index contributed by atoms with van der Waals surface area (Å²) in [5, 5.41) is 1.23. The van der Waals surface area contributed by atoms with Crippen molar-refractivity contribution in [2.75, 3.05) is 38.1 Å². The fourth-order valence-electron chi connectivity index (χ4n) is 3.42. The number of hydrogen-bond acceptors (Lipinski definition) is 5. The average molecular weight is 338 g/mol. The van der Waals surface area contributed by atoms with E-state index < -0.39 is 0 Å². The van der Waals surface area contributed by atoms with Crippen LogP contribution in [0.15, 0.2) is 36.7 Å². The van der Waals surface area contributed by atoms with Crippen molar-refractivity contribution in [2.45, 2.75) is 13.3 Å². The number of rotatable bonds is 2. The fourth-order valence-corrected chi connectivity index (χ4v) is 4.56. The zero-order chi connectivity index (χ0) is 16.5. The van der Waals surface area contributed by atoms with Crippen molar-refractivity contribution in [2.24, 2.45) is 0 Å². The molecular formula is C19H22N4S. The molecule has 4 nitrogen and oxygen atoms in total. The van der Waals surface area contributed by atoms with E-state index in [9.17, 15) is 0 Å². The lowest BCUT2D eigenvalue weighted by Gasteiger charge is -2.22. The van der Waals surface area contributed by atoms with Gasteiger partial charge >= 0.3 is 0 Å². The minimum absolute atomic E-state index is 1.03. The number of benzene rings is 1. The minimum atomic E-state index is 1.03. The highest BCUT2D eigenvalue weighted by molar-refractivity contribution is 7.22. The van der Waals surface area contributed by atoms with Crippen LogP contribution in [0.4, 0.5) is 5.82 Å². The lowest BCUT2D eigenvalue weighted by molar-refractivity contribution is 0.360.